The third kappa shape index (κ3) is 7.89. The van der Waals surface area contributed by atoms with Crippen LogP contribution < -0.4 is 9.47 Å². The normalized spacial score (nSPS) is 20.4. The van der Waals surface area contributed by atoms with Crippen molar-refractivity contribution in [1.29, 1.82) is 0 Å². The van der Waals surface area contributed by atoms with Crippen LogP contribution in [-0.2, 0) is 17.1 Å². The van der Waals surface area contributed by atoms with E-state index in [0.29, 0.717) is 36.6 Å². The number of piperidine rings is 2. The molecule has 0 bridgehead atoms. The summed E-state index contributed by atoms with van der Waals surface area (Å²) in [5.41, 5.74) is -4.05. The summed E-state index contributed by atoms with van der Waals surface area (Å²) in [7, 11) is 0. The van der Waals surface area contributed by atoms with Crippen LogP contribution in [0.4, 0.5) is 26.3 Å². The number of alkyl halides is 6. The van der Waals surface area contributed by atoms with Gasteiger partial charge >= 0.3 is 12.4 Å². The molecule has 2 aromatic carbocycles. The summed E-state index contributed by atoms with van der Waals surface area (Å²) < 4.78 is 94.5. The van der Waals surface area contributed by atoms with Crippen LogP contribution in [0.5, 0.6) is 11.5 Å². The Morgan fingerprint density at radius 3 is 2.10 bits per heavy atom. The van der Waals surface area contributed by atoms with Crippen LogP contribution in [0.3, 0.4) is 0 Å². The number of hydrogen-bond donors (Lipinski definition) is 0. The maximum Gasteiger partial charge on any atom is 0.417 e. The van der Waals surface area contributed by atoms with E-state index >= 15 is 0 Å². The Hall–Kier alpha value is -4.62. The fourth-order valence-electron chi connectivity index (χ4n) is 6.70. The summed E-state index contributed by atoms with van der Waals surface area (Å²) >= 11 is 0. The van der Waals surface area contributed by atoms with Crippen molar-refractivity contribution in [1.82, 2.24) is 14.8 Å². The molecule has 50 heavy (non-hydrogen) atoms. The highest BCUT2D eigenvalue weighted by molar-refractivity contribution is 5.97. The second-order valence-corrected chi connectivity index (χ2v) is 12.5. The third-order valence-corrected chi connectivity index (χ3v) is 9.18. The zero-order valence-corrected chi connectivity index (χ0v) is 27.5. The second-order valence-electron chi connectivity index (χ2n) is 12.5. The smallest absolute Gasteiger partial charge is 0.417 e. The molecule has 0 radical (unpaired) electrons. The molecular formula is C36H37F6N3O5. The van der Waals surface area contributed by atoms with Gasteiger partial charge in [0.2, 0.25) is 5.60 Å². The third-order valence-electron chi connectivity index (χ3n) is 9.18. The van der Waals surface area contributed by atoms with Gasteiger partial charge < -0.3 is 19.3 Å². The minimum Gasteiger partial charge on any atom is -0.490 e. The SMILES string of the molecule is CCC[C@H]1N(C(=O)c2cnccc2C(F)(F)F)CCC[C@@]1(Oc1ccc(C(F)(F)F)cc1)C(=O)N1CCC(Oc2ccc(C(C)=O)cc2)CC1. The highest BCUT2D eigenvalue weighted by Gasteiger charge is 2.56. The Balaban J connectivity index is 1.46. The Morgan fingerprint density at radius 2 is 1.52 bits per heavy atom. The number of carbonyl (C=O) groups excluding carboxylic acids is 3. The molecule has 8 nitrogen and oxygen atoms in total. The van der Waals surface area contributed by atoms with Crippen molar-refractivity contribution < 1.29 is 50.2 Å². The Bertz CT molecular complexity index is 1670. The van der Waals surface area contributed by atoms with E-state index < -0.39 is 52.5 Å². The monoisotopic (exact) mass is 705 g/mol. The fraction of sp³-hybridized carbons (Fsp3) is 0.444. The van der Waals surface area contributed by atoms with E-state index in [1.165, 1.54) is 11.8 Å². The molecule has 0 N–H and O–H groups in total. The number of pyridine rings is 1. The van der Waals surface area contributed by atoms with Crippen molar-refractivity contribution in [2.24, 2.45) is 0 Å². The van der Waals surface area contributed by atoms with E-state index in [9.17, 15) is 40.7 Å². The first-order valence-electron chi connectivity index (χ1n) is 16.4. The first-order valence-corrected chi connectivity index (χ1v) is 16.4. The van der Waals surface area contributed by atoms with Gasteiger partial charge in [0.15, 0.2) is 5.78 Å². The largest absolute Gasteiger partial charge is 0.490 e. The molecule has 0 unspecified atom stereocenters. The lowest BCUT2D eigenvalue weighted by Crippen LogP contribution is -2.68. The van der Waals surface area contributed by atoms with Gasteiger partial charge in [0.05, 0.1) is 22.7 Å². The summed E-state index contributed by atoms with van der Waals surface area (Å²) in [6.07, 6.45) is -6.29. The molecule has 0 spiro atoms. The van der Waals surface area contributed by atoms with Gasteiger partial charge in [-0.3, -0.25) is 19.4 Å². The van der Waals surface area contributed by atoms with Gasteiger partial charge in [0.1, 0.15) is 17.6 Å². The van der Waals surface area contributed by atoms with Gasteiger partial charge in [0, 0.05) is 56.9 Å². The molecule has 2 aliphatic heterocycles. The molecule has 5 rings (SSSR count). The maximum atomic E-state index is 14.7. The number of ketones is 1. The summed E-state index contributed by atoms with van der Waals surface area (Å²) in [6.45, 7) is 3.73. The van der Waals surface area contributed by atoms with Gasteiger partial charge in [-0.25, -0.2) is 0 Å². The van der Waals surface area contributed by atoms with Crippen molar-refractivity contribution in [2.75, 3.05) is 19.6 Å². The van der Waals surface area contributed by atoms with Crippen LogP contribution in [0.15, 0.2) is 67.0 Å². The van der Waals surface area contributed by atoms with E-state index in [1.54, 1.807) is 36.1 Å². The molecular weight excluding hydrogens is 668 g/mol. The molecule has 0 saturated carbocycles. The number of aromatic nitrogens is 1. The van der Waals surface area contributed by atoms with Gasteiger partial charge in [-0.15, -0.1) is 0 Å². The van der Waals surface area contributed by atoms with Crippen LogP contribution >= 0.6 is 0 Å². The number of hydrogen-bond acceptors (Lipinski definition) is 6. The number of halogens is 6. The highest BCUT2D eigenvalue weighted by Crippen LogP contribution is 2.41. The van der Waals surface area contributed by atoms with Crippen molar-refractivity contribution in [2.45, 2.75) is 82.5 Å². The van der Waals surface area contributed by atoms with E-state index in [4.69, 9.17) is 9.47 Å². The van der Waals surface area contributed by atoms with E-state index in [2.05, 4.69) is 4.98 Å². The molecule has 2 saturated heterocycles. The minimum absolute atomic E-state index is 0.0272. The molecule has 3 aromatic rings. The molecule has 14 heteroatoms. The lowest BCUT2D eigenvalue weighted by molar-refractivity contribution is -0.161. The van der Waals surface area contributed by atoms with Crippen molar-refractivity contribution in [3.05, 3.63) is 89.2 Å². The fourth-order valence-corrected chi connectivity index (χ4v) is 6.70. The van der Waals surface area contributed by atoms with Gasteiger partial charge in [-0.05, 0) is 74.4 Å². The molecule has 2 atom stereocenters. The molecule has 0 aliphatic carbocycles. The number of carbonyl (C=O) groups is 3. The molecule has 2 fully saturated rings. The zero-order valence-electron chi connectivity index (χ0n) is 27.5. The second kappa shape index (κ2) is 14.7. The predicted molar refractivity (Wildman–Crippen MR) is 170 cm³/mol. The van der Waals surface area contributed by atoms with E-state index in [1.807, 2.05) is 0 Å². The van der Waals surface area contributed by atoms with Crippen molar-refractivity contribution in [3.63, 3.8) is 0 Å². The average molecular weight is 706 g/mol. The lowest BCUT2D eigenvalue weighted by atomic mass is 9.79. The van der Waals surface area contributed by atoms with Gasteiger partial charge in [-0.2, -0.15) is 26.3 Å². The first kappa shape index (κ1) is 36.7. The molecule has 268 valence electrons. The number of Topliss-reactive ketones (excluding diaryl/α,β-unsaturated/α-hetero) is 1. The van der Waals surface area contributed by atoms with Crippen LogP contribution in [0.25, 0.3) is 0 Å². The lowest BCUT2D eigenvalue weighted by Gasteiger charge is -2.50. The quantitative estimate of drug-likeness (QED) is 0.168. The average Bonchev–Trinajstić information content (AvgIpc) is 3.08. The topological polar surface area (TPSA) is 89.0 Å². The standard InChI is InChI=1S/C36H37F6N3O5/c1-3-5-31-34(50-28-12-8-25(9-13-28)35(37,38)39,17-4-19-45(31)32(47)29-22-43-18-14-30(29)36(40,41)42)33(48)44-20-15-27(16-21-44)49-26-10-6-24(7-11-26)23(2)46/h6-14,18,22,27,31H,3-5,15-17,19-21H2,1-2H3/t31-,34+/m1/s1. The Morgan fingerprint density at radius 1 is 0.880 bits per heavy atom. The van der Waals surface area contributed by atoms with Crippen LogP contribution in [0.1, 0.15) is 84.2 Å². The Kier molecular flexibility index (Phi) is 10.8. The number of benzene rings is 2. The van der Waals surface area contributed by atoms with Crippen LogP contribution in [0.2, 0.25) is 0 Å². The number of ether oxygens (including phenoxy) is 2. The summed E-state index contributed by atoms with van der Waals surface area (Å²) in [6, 6.07) is 10.2. The van der Waals surface area contributed by atoms with E-state index in [0.717, 1.165) is 36.7 Å². The summed E-state index contributed by atoms with van der Waals surface area (Å²) in [5.74, 6) is -1.06. The molecule has 2 aliphatic rings. The number of rotatable bonds is 9. The highest BCUT2D eigenvalue weighted by atomic mass is 19.4. The molecule has 1 aromatic heterocycles. The van der Waals surface area contributed by atoms with Gasteiger partial charge in [-0.1, -0.05) is 13.3 Å². The zero-order chi connectivity index (χ0) is 36.3. The number of nitrogens with zero attached hydrogens (tertiary/aromatic N) is 3. The van der Waals surface area contributed by atoms with Crippen LogP contribution in [0, 0.1) is 0 Å². The summed E-state index contributed by atoms with van der Waals surface area (Å²) in [5, 5.41) is 0. The van der Waals surface area contributed by atoms with Crippen LogP contribution in [-0.4, -0.2) is 69.8 Å². The maximum absolute atomic E-state index is 14.7. The van der Waals surface area contributed by atoms with Crippen molar-refractivity contribution >= 4 is 17.6 Å². The summed E-state index contributed by atoms with van der Waals surface area (Å²) in [4.78, 5) is 46.8. The number of likely N-dealkylation sites (tertiary alicyclic amines) is 2. The predicted octanol–water partition coefficient (Wildman–Crippen LogP) is 7.61. The minimum atomic E-state index is -4.85. The molecule has 2 amide bonds. The van der Waals surface area contributed by atoms with Gasteiger partial charge in [0.25, 0.3) is 11.8 Å². The van der Waals surface area contributed by atoms with E-state index in [-0.39, 0.29) is 56.5 Å². The van der Waals surface area contributed by atoms with Crippen molar-refractivity contribution in [3.8, 4) is 11.5 Å². The Labute approximate surface area is 285 Å². The number of amides is 2. The molecule has 3 heterocycles. The first-order chi connectivity index (χ1) is 23.6.